The summed E-state index contributed by atoms with van der Waals surface area (Å²) >= 11 is 4.43. The summed E-state index contributed by atoms with van der Waals surface area (Å²) in [4.78, 5) is 0. The fraction of sp³-hybridized carbons (Fsp3) is 0.111. The largest absolute Gasteiger partial charge is 0.419 e. The molecule has 0 spiro atoms. The number of halogens is 4. The number of nitrogens with one attached hydrogen (secondary N) is 1. The van der Waals surface area contributed by atoms with E-state index in [0.29, 0.717) is 12.1 Å². The van der Waals surface area contributed by atoms with Gasteiger partial charge >= 0.3 is 6.18 Å². The van der Waals surface area contributed by atoms with E-state index in [0.717, 1.165) is 12.3 Å². The Labute approximate surface area is 99.3 Å². The van der Waals surface area contributed by atoms with Gasteiger partial charge in [0.2, 0.25) is 0 Å². The molecule has 0 heterocycles. The first-order valence-electron chi connectivity index (χ1n) is 4.26. The standard InChI is InChI=1S/C9H7F4N3S/c10-7-2-1-5(4-15-16-8(14)17)3-6(7)9(11,12)13/h1-4H,(H3,14,16,17). The van der Waals surface area contributed by atoms with Gasteiger partial charge in [-0.05, 0) is 29.9 Å². The molecule has 3 N–H and O–H groups in total. The van der Waals surface area contributed by atoms with Crippen molar-refractivity contribution in [1.82, 2.24) is 5.43 Å². The number of nitrogens with zero attached hydrogens (tertiary/aromatic N) is 1. The van der Waals surface area contributed by atoms with Crippen LogP contribution in [-0.2, 0) is 6.18 Å². The molecule has 0 fully saturated rings. The molecule has 0 aromatic heterocycles. The second kappa shape index (κ2) is 5.09. The van der Waals surface area contributed by atoms with Crippen molar-refractivity contribution in [3.05, 3.63) is 35.1 Å². The summed E-state index contributed by atoms with van der Waals surface area (Å²) in [5.74, 6) is -1.34. The van der Waals surface area contributed by atoms with Crippen LogP contribution in [-0.4, -0.2) is 11.3 Å². The van der Waals surface area contributed by atoms with Crippen LogP contribution in [0.2, 0.25) is 0 Å². The molecule has 1 rings (SSSR count). The lowest BCUT2D eigenvalue weighted by Gasteiger charge is -2.08. The highest BCUT2D eigenvalue weighted by molar-refractivity contribution is 7.80. The Morgan fingerprint density at radius 3 is 2.59 bits per heavy atom. The Balaban J connectivity index is 2.97. The number of thiocarbonyl (C=S) groups is 1. The van der Waals surface area contributed by atoms with E-state index in [1.54, 1.807) is 0 Å². The summed E-state index contributed by atoms with van der Waals surface area (Å²) in [6.07, 6.45) is -3.70. The van der Waals surface area contributed by atoms with E-state index in [1.165, 1.54) is 0 Å². The van der Waals surface area contributed by atoms with Crippen LogP contribution < -0.4 is 11.2 Å². The fourth-order valence-corrected chi connectivity index (χ4v) is 1.06. The van der Waals surface area contributed by atoms with Crippen LogP contribution in [0.1, 0.15) is 11.1 Å². The number of hydrogen-bond donors (Lipinski definition) is 2. The predicted molar refractivity (Wildman–Crippen MR) is 58.9 cm³/mol. The maximum atomic E-state index is 12.9. The van der Waals surface area contributed by atoms with Crippen molar-refractivity contribution in [2.45, 2.75) is 6.18 Å². The molecule has 0 aliphatic heterocycles. The summed E-state index contributed by atoms with van der Waals surface area (Å²) < 4.78 is 49.9. The molecule has 0 bridgehead atoms. The van der Waals surface area contributed by atoms with Crippen LogP contribution >= 0.6 is 12.2 Å². The number of hydrazone groups is 1. The number of rotatable bonds is 2. The molecule has 0 amide bonds. The Bertz CT molecular complexity index is 456. The second-order valence-corrected chi connectivity index (χ2v) is 3.41. The van der Waals surface area contributed by atoms with Gasteiger partial charge < -0.3 is 5.73 Å². The lowest BCUT2D eigenvalue weighted by Crippen LogP contribution is -2.24. The molecular weight excluding hydrogens is 258 g/mol. The molecule has 17 heavy (non-hydrogen) atoms. The van der Waals surface area contributed by atoms with Crippen molar-refractivity contribution in [3.63, 3.8) is 0 Å². The van der Waals surface area contributed by atoms with Gasteiger partial charge in [-0.25, -0.2) is 4.39 Å². The third-order valence-electron chi connectivity index (χ3n) is 1.68. The maximum absolute atomic E-state index is 12.9. The van der Waals surface area contributed by atoms with Crippen LogP contribution in [0.4, 0.5) is 17.6 Å². The van der Waals surface area contributed by atoms with E-state index in [2.05, 4.69) is 22.7 Å². The molecule has 8 heteroatoms. The topological polar surface area (TPSA) is 50.4 Å². The van der Waals surface area contributed by atoms with Gasteiger partial charge in [0, 0.05) is 0 Å². The van der Waals surface area contributed by atoms with Gasteiger partial charge in [-0.15, -0.1) is 0 Å². The van der Waals surface area contributed by atoms with Crippen LogP contribution in [0.15, 0.2) is 23.3 Å². The van der Waals surface area contributed by atoms with E-state index < -0.39 is 17.6 Å². The van der Waals surface area contributed by atoms with E-state index >= 15 is 0 Å². The van der Waals surface area contributed by atoms with E-state index in [4.69, 9.17) is 5.73 Å². The molecule has 0 radical (unpaired) electrons. The van der Waals surface area contributed by atoms with Gasteiger partial charge in [0.1, 0.15) is 5.82 Å². The smallest absolute Gasteiger partial charge is 0.375 e. The van der Waals surface area contributed by atoms with Gasteiger partial charge in [0.25, 0.3) is 0 Å². The zero-order chi connectivity index (χ0) is 13.1. The Kier molecular flexibility index (Phi) is 4.00. The maximum Gasteiger partial charge on any atom is 0.419 e. The molecule has 1 aromatic rings. The monoisotopic (exact) mass is 265 g/mol. The molecule has 0 saturated carbocycles. The molecule has 0 atom stereocenters. The van der Waals surface area contributed by atoms with Crippen molar-refractivity contribution in [3.8, 4) is 0 Å². The van der Waals surface area contributed by atoms with Crippen LogP contribution in [0, 0.1) is 5.82 Å². The molecule has 92 valence electrons. The minimum atomic E-state index is -4.75. The van der Waals surface area contributed by atoms with Crippen molar-refractivity contribution in [2.75, 3.05) is 0 Å². The van der Waals surface area contributed by atoms with E-state index in [1.807, 2.05) is 0 Å². The highest BCUT2D eigenvalue weighted by atomic mass is 32.1. The molecule has 0 aliphatic rings. The average molecular weight is 265 g/mol. The summed E-state index contributed by atoms with van der Waals surface area (Å²) in [6, 6.07) is 2.50. The lowest BCUT2D eigenvalue weighted by molar-refractivity contribution is -0.140. The third-order valence-corrected chi connectivity index (χ3v) is 1.78. The zero-order valence-corrected chi connectivity index (χ0v) is 9.07. The van der Waals surface area contributed by atoms with Crippen molar-refractivity contribution >= 4 is 23.5 Å². The van der Waals surface area contributed by atoms with Crippen LogP contribution in [0.3, 0.4) is 0 Å². The fourth-order valence-electron chi connectivity index (χ4n) is 1.01. The van der Waals surface area contributed by atoms with Crippen molar-refractivity contribution < 1.29 is 17.6 Å². The van der Waals surface area contributed by atoms with Gasteiger partial charge in [-0.1, -0.05) is 6.07 Å². The normalized spacial score (nSPS) is 11.8. The minimum absolute atomic E-state index is 0.0717. The number of nitrogens with two attached hydrogens (primary N) is 1. The quantitative estimate of drug-likeness (QED) is 0.372. The molecule has 3 nitrogen and oxygen atoms in total. The van der Waals surface area contributed by atoms with Gasteiger partial charge in [0.15, 0.2) is 5.11 Å². The van der Waals surface area contributed by atoms with Crippen LogP contribution in [0.5, 0.6) is 0 Å². The third kappa shape index (κ3) is 3.99. The molecule has 0 saturated heterocycles. The summed E-state index contributed by atoms with van der Waals surface area (Å²) in [5.41, 5.74) is 5.94. The molecule has 0 aliphatic carbocycles. The first-order valence-corrected chi connectivity index (χ1v) is 4.67. The van der Waals surface area contributed by atoms with Crippen molar-refractivity contribution in [2.24, 2.45) is 10.8 Å². The SMILES string of the molecule is NC(=S)NN=Cc1ccc(F)c(C(F)(F)F)c1. The number of alkyl halides is 3. The molecular formula is C9H7F4N3S. The van der Waals surface area contributed by atoms with Crippen LogP contribution in [0.25, 0.3) is 0 Å². The summed E-state index contributed by atoms with van der Waals surface area (Å²) in [7, 11) is 0. The minimum Gasteiger partial charge on any atom is -0.375 e. The Morgan fingerprint density at radius 1 is 1.41 bits per heavy atom. The number of hydrogen-bond acceptors (Lipinski definition) is 2. The van der Waals surface area contributed by atoms with E-state index in [9.17, 15) is 17.6 Å². The Morgan fingerprint density at radius 2 is 2.06 bits per heavy atom. The first kappa shape index (κ1) is 13.4. The molecule has 0 unspecified atom stereocenters. The average Bonchev–Trinajstić information content (AvgIpc) is 2.18. The van der Waals surface area contributed by atoms with Gasteiger partial charge in [-0.3, -0.25) is 5.43 Å². The van der Waals surface area contributed by atoms with E-state index in [-0.39, 0.29) is 10.7 Å². The second-order valence-electron chi connectivity index (χ2n) is 2.97. The Hall–Kier alpha value is -1.70. The van der Waals surface area contributed by atoms with Crippen molar-refractivity contribution in [1.29, 1.82) is 0 Å². The lowest BCUT2D eigenvalue weighted by atomic mass is 10.1. The van der Waals surface area contributed by atoms with Gasteiger partial charge in [0.05, 0.1) is 11.8 Å². The highest BCUT2D eigenvalue weighted by Gasteiger charge is 2.33. The van der Waals surface area contributed by atoms with Gasteiger partial charge in [-0.2, -0.15) is 18.3 Å². The predicted octanol–water partition coefficient (Wildman–Crippen LogP) is 2.01. The summed E-state index contributed by atoms with van der Waals surface area (Å²) in [6.45, 7) is 0. The molecule has 1 aromatic carbocycles. The number of benzene rings is 1. The first-order chi connectivity index (χ1) is 7.80. The highest BCUT2D eigenvalue weighted by Crippen LogP contribution is 2.31. The zero-order valence-electron chi connectivity index (χ0n) is 8.25. The summed E-state index contributed by atoms with van der Waals surface area (Å²) in [5, 5.41) is 3.34.